The number of anilines is 1. The van der Waals surface area contributed by atoms with E-state index in [1.807, 2.05) is 30.3 Å². The Morgan fingerprint density at radius 3 is 2.82 bits per heavy atom. The zero-order chi connectivity index (χ0) is 15.1. The van der Waals surface area contributed by atoms with Crippen LogP contribution in [0.3, 0.4) is 0 Å². The van der Waals surface area contributed by atoms with Crippen LogP contribution in [-0.2, 0) is 0 Å². The van der Waals surface area contributed by atoms with Crippen molar-refractivity contribution in [2.45, 2.75) is 0 Å². The molecule has 0 aliphatic carbocycles. The van der Waals surface area contributed by atoms with Crippen LogP contribution in [0.2, 0.25) is 0 Å². The first kappa shape index (κ1) is 13.5. The predicted octanol–water partition coefficient (Wildman–Crippen LogP) is 4.04. The number of ether oxygens (including phenoxy) is 2. The summed E-state index contributed by atoms with van der Waals surface area (Å²) in [4.78, 5) is 16.7. The van der Waals surface area contributed by atoms with Gasteiger partial charge < -0.3 is 9.47 Å². The molecule has 5 nitrogen and oxygen atoms in total. The van der Waals surface area contributed by atoms with Gasteiger partial charge in [-0.15, -0.1) is 0 Å². The predicted molar refractivity (Wildman–Crippen MR) is 87.8 cm³/mol. The molecule has 0 saturated heterocycles. The number of hydrogen-bond acceptors (Lipinski definition) is 5. The summed E-state index contributed by atoms with van der Waals surface area (Å²) in [7, 11) is 0. The van der Waals surface area contributed by atoms with E-state index in [2.05, 4.69) is 26.2 Å². The molecule has 1 N–H and O–H groups in total. The van der Waals surface area contributed by atoms with Crippen LogP contribution < -0.4 is 14.8 Å². The van der Waals surface area contributed by atoms with Crippen molar-refractivity contribution < 1.29 is 14.3 Å². The van der Waals surface area contributed by atoms with Crippen molar-refractivity contribution in [3.63, 3.8) is 0 Å². The second kappa shape index (κ2) is 5.26. The number of rotatable bonds is 2. The standard InChI is InChI=1S/C15H9BrN2O3S/c16-9-4-2-1-3-8(9)14(19)18-15-17-10-5-11-12(21-7-20-11)6-13(10)22-15/h1-6H,7H2,(H,17,18,19). The van der Waals surface area contributed by atoms with Crippen LogP contribution in [0.1, 0.15) is 10.4 Å². The molecule has 3 aromatic rings. The van der Waals surface area contributed by atoms with Crippen LogP contribution in [0.5, 0.6) is 11.5 Å². The minimum absolute atomic E-state index is 0.202. The number of carbonyl (C=O) groups excluding carboxylic acids is 1. The van der Waals surface area contributed by atoms with Crippen LogP contribution in [-0.4, -0.2) is 17.7 Å². The first-order chi connectivity index (χ1) is 10.7. The highest BCUT2D eigenvalue weighted by Crippen LogP contribution is 2.39. The van der Waals surface area contributed by atoms with Crippen LogP contribution in [0.25, 0.3) is 10.2 Å². The molecule has 1 aliphatic heterocycles. The smallest absolute Gasteiger partial charge is 0.258 e. The number of nitrogens with zero attached hydrogens (tertiary/aromatic N) is 1. The summed E-state index contributed by atoms with van der Waals surface area (Å²) in [5.74, 6) is 1.19. The van der Waals surface area contributed by atoms with E-state index in [9.17, 15) is 4.79 Å². The van der Waals surface area contributed by atoms with Crippen LogP contribution in [0.15, 0.2) is 40.9 Å². The van der Waals surface area contributed by atoms with Gasteiger partial charge in [0.15, 0.2) is 16.6 Å². The van der Waals surface area contributed by atoms with E-state index in [1.54, 1.807) is 6.07 Å². The highest BCUT2D eigenvalue weighted by Gasteiger charge is 2.17. The quantitative estimate of drug-likeness (QED) is 0.732. The third-order valence-electron chi connectivity index (χ3n) is 3.22. The molecular formula is C15H9BrN2O3S. The fourth-order valence-electron chi connectivity index (χ4n) is 2.18. The number of carbonyl (C=O) groups is 1. The maximum absolute atomic E-state index is 12.3. The molecule has 1 amide bonds. The summed E-state index contributed by atoms with van der Waals surface area (Å²) in [5.41, 5.74) is 1.34. The van der Waals surface area contributed by atoms with Crippen molar-refractivity contribution in [2.24, 2.45) is 0 Å². The van der Waals surface area contributed by atoms with Crippen LogP contribution in [0, 0.1) is 0 Å². The molecular weight excluding hydrogens is 368 g/mol. The highest BCUT2D eigenvalue weighted by atomic mass is 79.9. The average Bonchev–Trinajstić information content (AvgIpc) is 3.09. The van der Waals surface area contributed by atoms with Crippen molar-refractivity contribution in [1.82, 2.24) is 4.98 Å². The third kappa shape index (κ3) is 2.32. The number of nitrogens with one attached hydrogen (secondary N) is 1. The Kier molecular flexibility index (Phi) is 3.24. The summed E-state index contributed by atoms with van der Waals surface area (Å²) in [5, 5.41) is 3.36. The lowest BCUT2D eigenvalue weighted by molar-refractivity contribution is 0.102. The summed E-state index contributed by atoms with van der Waals surface area (Å²) in [6, 6.07) is 11.0. The van der Waals surface area contributed by atoms with Gasteiger partial charge in [-0.1, -0.05) is 23.5 Å². The molecule has 2 heterocycles. The molecule has 1 aliphatic rings. The van der Waals surface area contributed by atoms with Gasteiger partial charge in [-0.05, 0) is 28.1 Å². The van der Waals surface area contributed by atoms with Gasteiger partial charge in [0.2, 0.25) is 6.79 Å². The average molecular weight is 377 g/mol. The van der Waals surface area contributed by atoms with E-state index < -0.39 is 0 Å². The number of thiazole rings is 1. The van der Waals surface area contributed by atoms with Gasteiger partial charge in [0.25, 0.3) is 5.91 Å². The lowest BCUT2D eigenvalue weighted by Crippen LogP contribution is -2.12. The molecule has 0 bridgehead atoms. The molecule has 2 aromatic carbocycles. The molecule has 0 spiro atoms. The van der Waals surface area contributed by atoms with Gasteiger partial charge in [-0.2, -0.15) is 0 Å². The Labute approximate surface area is 138 Å². The van der Waals surface area contributed by atoms with Gasteiger partial charge in [-0.25, -0.2) is 4.98 Å². The zero-order valence-corrected chi connectivity index (χ0v) is 13.5. The third-order valence-corrected chi connectivity index (χ3v) is 4.85. The first-order valence-corrected chi connectivity index (χ1v) is 8.08. The van der Waals surface area contributed by atoms with E-state index in [4.69, 9.17) is 9.47 Å². The molecule has 0 radical (unpaired) electrons. The van der Waals surface area contributed by atoms with Crippen molar-refractivity contribution in [3.05, 3.63) is 46.4 Å². The molecule has 4 rings (SSSR count). The second-order valence-corrected chi connectivity index (χ2v) is 6.51. The molecule has 0 unspecified atom stereocenters. The number of amides is 1. The number of benzene rings is 2. The van der Waals surface area contributed by atoms with Gasteiger partial charge >= 0.3 is 0 Å². The van der Waals surface area contributed by atoms with Crippen molar-refractivity contribution in [2.75, 3.05) is 12.1 Å². The highest BCUT2D eigenvalue weighted by molar-refractivity contribution is 9.10. The fraction of sp³-hybridized carbons (Fsp3) is 0.0667. The topological polar surface area (TPSA) is 60.5 Å². The van der Waals surface area contributed by atoms with Gasteiger partial charge in [-0.3, -0.25) is 10.1 Å². The molecule has 0 fully saturated rings. The van der Waals surface area contributed by atoms with E-state index in [1.165, 1.54) is 11.3 Å². The van der Waals surface area contributed by atoms with Crippen molar-refractivity contribution in [1.29, 1.82) is 0 Å². The van der Waals surface area contributed by atoms with E-state index in [-0.39, 0.29) is 12.7 Å². The van der Waals surface area contributed by atoms with E-state index in [0.29, 0.717) is 22.2 Å². The largest absolute Gasteiger partial charge is 0.454 e. The normalized spacial score (nSPS) is 12.6. The monoisotopic (exact) mass is 376 g/mol. The van der Waals surface area contributed by atoms with E-state index in [0.717, 1.165) is 14.7 Å². The lowest BCUT2D eigenvalue weighted by Gasteiger charge is -2.03. The molecule has 22 heavy (non-hydrogen) atoms. The van der Waals surface area contributed by atoms with Crippen molar-refractivity contribution in [3.8, 4) is 11.5 Å². The summed E-state index contributed by atoms with van der Waals surface area (Å²) < 4.78 is 12.4. The maximum Gasteiger partial charge on any atom is 0.258 e. The minimum Gasteiger partial charge on any atom is -0.454 e. The van der Waals surface area contributed by atoms with Gasteiger partial charge in [0.05, 0.1) is 15.8 Å². The molecule has 7 heteroatoms. The van der Waals surface area contributed by atoms with E-state index >= 15 is 0 Å². The number of hydrogen-bond donors (Lipinski definition) is 1. The van der Waals surface area contributed by atoms with Crippen LogP contribution >= 0.6 is 27.3 Å². The Balaban J connectivity index is 1.65. The fourth-order valence-corrected chi connectivity index (χ4v) is 3.52. The summed E-state index contributed by atoms with van der Waals surface area (Å²) >= 11 is 4.77. The number of aromatic nitrogens is 1. The lowest BCUT2D eigenvalue weighted by atomic mass is 10.2. The SMILES string of the molecule is O=C(Nc1nc2cc3c(cc2s1)OCO3)c1ccccc1Br. The van der Waals surface area contributed by atoms with Gasteiger partial charge in [0.1, 0.15) is 0 Å². The van der Waals surface area contributed by atoms with Crippen LogP contribution in [0.4, 0.5) is 5.13 Å². The van der Waals surface area contributed by atoms with Gasteiger partial charge in [0, 0.05) is 16.6 Å². The molecule has 1 aromatic heterocycles. The molecule has 0 saturated carbocycles. The first-order valence-electron chi connectivity index (χ1n) is 6.47. The Hall–Kier alpha value is -2.12. The molecule has 110 valence electrons. The summed E-state index contributed by atoms with van der Waals surface area (Å²) in [6.45, 7) is 0.234. The Bertz CT molecular complexity index is 853. The zero-order valence-electron chi connectivity index (χ0n) is 11.1. The minimum atomic E-state index is -0.202. The Morgan fingerprint density at radius 1 is 1.23 bits per heavy atom. The Morgan fingerprint density at radius 2 is 2.00 bits per heavy atom. The summed E-state index contributed by atoms with van der Waals surface area (Å²) in [6.07, 6.45) is 0. The van der Waals surface area contributed by atoms with Crippen molar-refractivity contribution >= 4 is 48.5 Å². The second-order valence-electron chi connectivity index (χ2n) is 4.63. The number of halogens is 1. The number of fused-ring (bicyclic) bond motifs is 2. The molecule has 0 atom stereocenters. The maximum atomic E-state index is 12.3.